The summed E-state index contributed by atoms with van der Waals surface area (Å²) >= 11 is 0. The third-order valence-electron chi connectivity index (χ3n) is 3.06. The maximum atomic E-state index is 12.4. The van der Waals surface area contributed by atoms with Gasteiger partial charge in [0, 0.05) is 24.5 Å². The normalized spacial score (nSPS) is 10.5. The second-order valence-electron chi connectivity index (χ2n) is 4.88. The molecule has 0 aliphatic rings. The molecule has 21 heavy (non-hydrogen) atoms. The number of rotatable bonds is 5. The summed E-state index contributed by atoms with van der Waals surface area (Å²) < 4.78 is 1.66. The number of nitrogen functional groups attached to an aromatic ring is 1. The minimum atomic E-state index is -0.206. The van der Waals surface area contributed by atoms with Crippen LogP contribution < -0.4 is 16.6 Å². The molecule has 4 N–H and O–H groups in total. The summed E-state index contributed by atoms with van der Waals surface area (Å²) in [5, 5.41) is 7.05. The molecule has 112 valence electrons. The number of anilines is 2. The molecule has 0 radical (unpaired) electrons. The second kappa shape index (κ2) is 6.36. The van der Waals surface area contributed by atoms with E-state index in [2.05, 4.69) is 27.7 Å². The van der Waals surface area contributed by atoms with E-state index in [9.17, 15) is 4.79 Å². The first kappa shape index (κ1) is 15.0. The van der Waals surface area contributed by atoms with Crippen LogP contribution in [0.3, 0.4) is 0 Å². The molecule has 2 heterocycles. The van der Waals surface area contributed by atoms with E-state index < -0.39 is 0 Å². The molecule has 2 aromatic heterocycles. The van der Waals surface area contributed by atoms with Gasteiger partial charge in [0.2, 0.25) is 0 Å². The van der Waals surface area contributed by atoms with Crippen LogP contribution in [-0.2, 0) is 13.5 Å². The molecule has 0 spiro atoms. The molecule has 7 heteroatoms. The highest BCUT2D eigenvalue weighted by atomic mass is 16.1. The van der Waals surface area contributed by atoms with Crippen LogP contribution >= 0.6 is 0 Å². The van der Waals surface area contributed by atoms with E-state index >= 15 is 0 Å². The van der Waals surface area contributed by atoms with Crippen molar-refractivity contribution < 1.29 is 4.79 Å². The lowest BCUT2D eigenvalue weighted by Crippen LogP contribution is -2.16. The van der Waals surface area contributed by atoms with Crippen LogP contribution in [0.15, 0.2) is 18.3 Å². The fraction of sp³-hybridized carbons (Fsp3) is 0.357. The molecular weight excluding hydrogens is 268 g/mol. The molecule has 0 bridgehead atoms. The quantitative estimate of drug-likeness (QED) is 0.573. The summed E-state index contributed by atoms with van der Waals surface area (Å²) in [6.45, 7) is 3.90. The highest BCUT2D eigenvalue weighted by Gasteiger charge is 2.12. The zero-order valence-electron chi connectivity index (χ0n) is 12.5. The lowest BCUT2D eigenvalue weighted by atomic mass is 10.1. The number of amides is 1. The van der Waals surface area contributed by atoms with Gasteiger partial charge in [0.1, 0.15) is 5.82 Å². The average molecular weight is 288 g/mol. The van der Waals surface area contributed by atoms with E-state index in [-0.39, 0.29) is 5.91 Å². The van der Waals surface area contributed by atoms with Crippen molar-refractivity contribution in [1.82, 2.24) is 14.8 Å². The first-order valence-electron chi connectivity index (χ1n) is 6.82. The molecular formula is C14H20N6O. The topological polar surface area (TPSA) is 97.9 Å². The Kier molecular flexibility index (Phi) is 4.54. The lowest BCUT2D eigenvalue weighted by Gasteiger charge is -2.08. The van der Waals surface area contributed by atoms with E-state index in [4.69, 9.17) is 5.84 Å². The number of carbonyl (C=O) groups is 1. The Labute approximate surface area is 123 Å². The maximum absolute atomic E-state index is 12.4. The van der Waals surface area contributed by atoms with Crippen LogP contribution in [0.2, 0.25) is 0 Å². The van der Waals surface area contributed by atoms with Crippen molar-refractivity contribution in [2.24, 2.45) is 12.9 Å². The largest absolute Gasteiger partial charge is 0.319 e. The molecule has 0 unspecified atom stereocenters. The Hall–Kier alpha value is -2.41. The first-order chi connectivity index (χ1) is 10.0. The molecule has 0 aliphatic heterocycles. The predicted molar refractivity (Wildman–Crippen MR) is 81.9 cm³/mol. The van der Waals surface area contributed by atoms with Gasteiger partial charge in [0.25, 0.3) is 5.91 Å². The van der Waals surface area contributed by atoms with E-state index in [1.165, 1.54) is 0 Å². The van der Waals surface area contributed by atoms with Gasteiger partial charge in [0.15, 0.2) is 0 Å². The van der Waals surface area contributed by atoms with Gasteiger partial charge in [-0.1, -0.05) is 13.3 Å². The minimum Gasteiger partial charge on any atom is -0.319 e. The van der Waals surface area contributed by atoms with Gasteiger partial charge in [0.05, 0.1) is 11.4 Å². The summed E-state index contributed by atoms with van der Waals surface area (Å²) in [7, 11) is 1.81. The average Bonchev–Trinajstić information content (AvgIpc) is 2.76. The molecule has 0 aromatic carbocycles. The van der Waals surface area contributed by atoms with Crippen molar-refractivity contribution in [3.63, 3.8) is 0 Å². The SMILES string of the molecule is CCCc1cc(C(=O)Nc2cn(C)nc2C)cc(NN)n1. The molecule has 0 aliphatic carbocycles. The van der Waals surface area contributed by atoms with Crippen LogP contribution in [-0.4, -0.2) is 20.7 Å². The highest BCUT2D eigenvalue weighted by Crippen LogP contribution is 2.16. The number of pyridine rings is 1. The van der Waals surface area contributed by atoms with E-state index in [1.54, 1.807) is 23.0 Å². The lowest BCUT2D eigenvalue weighted by molar-refractivity contribution is 0.102. The van der Waals surface area contributed by atoms with Crippen molar-refractivity contribution >= 4 is 17.4 Å². The first-order valence-corrected chi connectivity index (χ1v) is 6.82. The maximum Gasteiger partial charge on any atom is 0.255 e. The number of aryl methyl sites for hydroxylation is 3. The van der Waals surface area contributed by atoms with Crippen molar-refractivity contribution in [2.75, 3.05) is 10.7 Å². The van der Waals surface area contributed by atoms with Crippen LogP contribution in [0, 0.1) is 6.92 Å². The molecule has 2 rings (SSSR count). The minimum absolute atomic E-state index is 0.206. The van der Waals surface area contributed by atoms with Gasteiger partial charge in [-0.05, 0) is 25.5 Å². The Morgan fingerprint density at radius 1 is 1.43 bits per heavy atom. The molecule has 7 nitrogen and oxygen atoms in total. The standard InChI is InChI=1S/C14H20N6O/c1-4-5-11-6-10(7-13(16-11)18-15)14(21)17-12-8-20(3)19-9(12)2/h6-8H,4-5,15H2,1-3H3,(H,16,18)(H,17,21). The van der Waals surface area contributed by atoms with Crippen molar-refractivity contribution in [3.8, 4) is 0 Å². The molecule has 0 saturated carbocycles. The fourth-order valence-corrected chi connectivity index (χ4v) is 2.09. The summed E-state index contributed by atoms with van der Waals surface area (Å²) in [5.41, 5.74) is 5.31. The molecule has 0 saturated heterocycles. The Bertz CT molecular complexity index is 649. The number of hydrogen-bond donors (Lipinski definition) is 3. The predicted octanol–water partition coefficient (Wildman–Crippen LogP) is 1.61. The van der Waals surface area contributed by atoms with Crippen LogP contribution in [0.4, 0.5) is 11.5 Å². The number of hydrogen-bond acceptors (Lipinski definition) is 5. The zero-order valence-corrected chi connectivity index (χ0v) is 12.5. The van der Waals surface area contributed by atoms with E-state index in [0.717, 1.165) is 24.2 Å². The van der Waals surface area contributed by atoms with Gasteiger partial charge in [-0.15, -0.1) is 0 Å². The van der Waals surface area contributed by atoms with Crippen molar-refractivity contribution in [2.45, 2.75) is 26.7 Å². The van der Waals surface area contributed by atoms with Gasteiger partial charge >= 0.3 is 0 Å². The number of aromatic nitrogens is 3. The Morgan fingerprint density at radius 3 is 2.76 bits per heavy atom. The van der Waals surface area contributed by atoms with Crippen molar-refractivity contribution in [3.05, 3.63) is 35.3 Å². The molecule has 0 atom stereocenters. The van der Waals surface area contributed by atoms with Crippen LogP contribution in [0.5, 0.6) is 0 Å². The highest BCUT2D eigenvalue weighted by molar-refractivity contribution is 6.05. The monoisotopic (exact) mass is 288 g/mol. The molecule has 1 amide bonds. The molecule has 0 fully saturated rings. The van der Waals surface area contributed by atoms with Gasteiger partial charge in [-0.25, -0.2) is 10.8 Å². The number of hydrazine groups is 1. The van der Waals surface area contributed by atoms with Gasteiger partial charge < -0.3 is 10.7 Å². The van der Waals surface area contributed by atoms with E-state index in [1.807, 2.05) is 14.0 Å². The molecule has 2 aromatic rings. The van der Waals surface area contributed by atoms with Crippen LogP contribution in [0.25, 0.3) is 0 Å². The Morgan fingerprint density at radius 2 is 2.19 bits per heavy atom. The summed E-state index contributed by atoms with van der Waals surface area (Å²) in [6, 6.07) is 3.41. The third kappa shape index (κ3) is 3.57. The number of nitrogens with one attached hydrogen (secondary N) is 2. The summed E-state index contributed by atoms with van der Waals surface area (Å²) in [6.07, 6.45) is 3.51. The number of carbonyl (C=O) groups excluding carboxylic acids is 1. The number of nitrogens with two attached hydrogens (primary N) is 1. The van der Waals surface area contributed by atoms with Crippen molar-refractivity contribution in [1.29, 1.82) is 0 Å². The Balaban J connectivity index is 2.25. The zero-order chi connectivity index (χ0) is 15.4. The fourth-order valence-electron chi connectivity index (χ4n) is 2.09. The summed E-state index contributed by atoms with van der Waals surface area (Å²) in [5.74, 6) is 5.68. The second-order valence-corrected chi connectivity index (χ2v) is 4.88. The van der Waals surface area contributed by atoms with Crippen LogP contribution in [0.1, 0.15) is 35.1 Å². The smallest absolute Gasteiger partial charge is 0.255 e. The van der Waals surface area contributed by atoms with Gasteiger partial charge in [-0.2, -0.15) is 5.10 Å². The van der Waals surface area contributed by atoms with E-state index in [0.29, 0.717) is 17.1 Å². The summed E-state index contributed by atoms with van der Waals surface area (Å²) in [4.78, 5) is 16.7. The van der Waals surface area contributed by atoms with Gasteiger partial charge in [-0.3, -0.25) is 9.48 Å². The third-order valence-corrected chi connectivity index (χ3v) is 3.06. The number of nitrogens with zero attached hydrogens (tertiary/aromatic N) is 3.